The number of hydrogen-bond acceptors (Lipinski definition) is 8. The van der Waals surface area contributed by atoms with E-state index in [0.29, 0.717) is 52.2 Å². The van der Waals surface area contributed by atoms with Crippen LogP contribution in [0.15, 0.2) is 109 Å². The maximum atomic E-state index is 13.3. The SMILES string of the molecule is CCCCc1ccc(-c2nc(Nc3ccc(Oc4ccc5c(c4)C(=O)N(CCc4ccc(OC)c(OC)c4)C5=O)cc3)c3ccccc3n2)cc1. The lowest BCUT2D eigenvalue weighted by Crippen LogP contribution is -2.31. The Kier molecular flexibility index (Phi) is 9.61. The number of unbranched alkanes of at least 4 members (excludes halogenated alkanes) is 1. The highest BCUT2D eigenvalue weighted by Gasteiger charge is 2.35. The lowest BCUT2D eigenvalue weighted by molar-refractivity contribution is 0.0656. The Balaban J connectivity index is 1.03. The van der Waals surface area contributed by atoms with E-state index in [0.717, 1.165) is 40.6 Å². The fourth-order valence-electron chi connectivity index (χ4n) is 6.19. The first kappa shape index (κ1) is 33.3. The van der Waals surface area contributed by atoms with E-state index in [4.69, 9.17) is 24.2 Å². The molecule has 0 aliphatic carbocycles. The van der Waals surface area contributed by atoms with Gasteiger partial charge in [0.05, 0.1) is 30.9 Å². The normalized spacial score (nSPS) is 12.3. The van der Waals surface area contributed by atoms with Gasteiger partial charge in [-0.2, -0.15) is 0 Å². The van der Waals surface area contributed by atoms with Gasteiger partial charge in [-0.3, -0.25) is 14.5 Å². The molecule has 6 aromatic rings. The number of methoxy groups -OCH3 is 2. The maximum Gasteiger partial charge on any atom is 0.261 e. The zero-order valence-corrected chi connectivity index (χ0v) is 28.8. The minimum atomic E-state index is -0.343. The minimum Gasteiger partial charge on any atom is -0.493 e. The van der Waals surface area contributed by atoms with Crippen molar-refractivity contribution >= 4 is 34.2 Å². The van der Waals surface area contributed by atoms with Crippen molar-refractivity contribution in [2.45, 2.75) is 32.6 Å². The van der Waals surface area contributed by atoms with Gasteiger partial charge in [0.2, 0.25) is 0 Å². The molecule has 256 valence electrons. The molecule has 0 fully saturated rings. The number of fused-ring (bicyclic) bond motifs is 2. The summed E-state index contributed by atoms with van der Waals surface area (Å²) in [6, 6.07) is 34.5. The number of benzene rings is 5. The first-order valence-corrected chi connectivity index (χ1v) is 17.1. The number of amides is 2. The molecule has 0 unspecified atom stereocenters. The van der Waals surface area contributed by atoms with E-state index in [2.05, 4.69) is 36.5 Å². The predicted octanol–water partition coefficient (Wildman–Crippen LogP) is 9.03. The Hall–Kier alpha value is -6.22. The summed E-state index contributed by atoms with van der Waals surface area (Å²) in [5.74, 6) is 2.96. The number of aryl methyl sites for hydroxylation is 1. The molecule has 5 aromatic carbocycles. The van der Waals surface area contributed by atoms with Gasteiger partial charge < -0.3 is 19.5 Å². The summed E-state index contributed by atoms with van der Waals surface area (Å²) in [5.41, 5.74) is 5.56. The minimum absolute atomic E-state index is 0.237. The van der Waals surface area contributed by atoms with Gasteiger partial charge in [-0.25, -0.2) is 9.97 Å². The number of nitrogens with one attached hydrogen (secondary N) is 1. The highest BCUT2D eigenvalue weighted by Crippen LogP contribution is 2.33. The number of para-hydroxylation sites is 1. The average Bonchev–Trinajstić information content (AvgIpc) is 3.41. The number of carbonyl (C=O) groups excluding carboxylic acids is 2. The van der Waals surface area contributed by atoms with Crippen molar-refractivity contribution in [1.29, 1.82) is 0 Å². The molecule has 1 N–H and O–H groups in total. The molecule has 0 spiro atoms. The van der Waals surface area contributed by atoms with Gasteiger partial charge >= 0.3 is 0 Å². The van der Waals surface area contributed by atoms with Crippen LogP contribution in [0.25, 0.3) is 22.3 Å². The highest BCUT2D eigenvalue weighted by atomic mass is 16.5. The Morgan fingerprint density at radius 1 is 0.686 bits per heavy atom. The van der Waals surface area contributed by atoms with E-state index in [9.17, 15) is 9.59 Å². The van der Waals surface area contributed by atoms with Crippen molar-refractivity contribution < 1.29 is 23.8 Å². The highest BCUT2D eigenvalue weighted by molar-refractivity contribution is 6.21. The molecule has 2 heterocycles. The van der Waals surface area contributed by atoms with Gasteiger partial charge in [-0.1, -0.05) is 55.8 Å². The van der Waals surface area contributed by atoms with Crippen LogP contribution < -0.4 is 19.5 Å². The largest absolute Gasteiger partial charge is 0.493 e. The number of rotatable bonds is 13. The zero-order valence-electron chi connectivity index (χ0n) is 28.8. The average molecular weight is 679 g/mol. The van der Waals surface area contributed by atoms with Crippen LogP contribution in [0.1, 0.15) is 51.6 Å². The molecule has 0 radical (unpaired) electrons. The lowest BCUT2D eigenvalue weighted by atomic mass is 10.1. The predicted molar refractivity (Wildman–Crippen MR) is 198 cm³/mol. The van der Waals surface area contributed by atoms with Gasteiger partial charge in [0.15, 0.2) is 17.3 Å². The number of aromatic nitrogens is 2. The molecule has 0 bridgehead atoms. The first-order valence-electron chi connectivity index (χ1n) is 17.1. The molecule has 51 heavy (non-hydrogen) atoms. The van der Waals surface area contributed by atoms with Gasteiger partial charge in [0.25, 0.3) is 11.8 Å². The van der Waals surface area contributed by atoms with Gasteiger partial charge in [-0.15, -0.1) is 0 Å². The number of nitrogens with zero attached hydrogens (tertiary/aromatic N) is 3. The second-order valence-electron chi connectivity index (χ2n) is 12.4. The number of anilines is 2. The first-order chi connectivity index (χ1) is 24.9. The Morgan fingerprint density at radius 3 is 2.18 bits per heavy atom. The molecule has 2 amide bonds. The van der Waals surface area contributed by atoms with E-state index in [1.807, 2.05) is 66.7 Å². The topological polar surface area (TPSA) is 103 Å². The summed E-state index contributed by atoms with van der Waals surface area (Å²) in [4.78, 5) is 37.5. The fourth-order valence-corrected chi connectivity index (χ4v) is 6.19. The third-order valence-corrected chi connectivity index (χ3v) is 9.00. The van der Waals surface area contributed by atoms with Crippen molar-refractivity contribution in [1.82, 2.24) is 14.9 Å². The molecule has 7 rings (SSSR count). The molecular weight excluding hydrogens is 640 g/mol. The van der Waals surface area contributed by atoms with Crippen molar-refractivity contribution in [3.63, 3.8) is 0 Å². The van der Waals surface area contributed by atoms with Crippen molar-refractivity contribution in [2.24, 2.45) is 0 Å². The smallest absolute Gasteiger partial charge is 0.261 e. The number of carbonyl (C=O) groups is 2. The summed E-state index contributed by atoms with van der Waals surface area (Å²) in [7, 11) is 3.15. The van der Waals surface area contributed by atoms with E-state index in [-0.39, 0.29) is 18.4 Å². The molecule has 1 aliphatic heterocycles. The van der Waals surface area contributed by atoms with Crippen LogP contribution in [0.5, 0.6) is 23.0 Å². The third kappa shape index (κ3) is 7.10. The Labute approximate surface area is 296 Å². The third-order valence-electron chi connectivity index (χ3n) is 9.00. The molecule has 9 heteroatoms. The maximum absolute atomic E-state index is 13.3. The van der Waals surface area contributed by atoms with E-state index in [1.165, 1.54) is 16.9 Å². The van der Waals surface area contributed by atoms with Crippen LogP contribution in [0, 0.1) is 0 Å². The summed E-state index contributed by atoms with van der Waals surface area (Å²) in [6.07, 6.45) is 3.87. The lowest BCUT2D eigenvalue weighted by Gasteiger charge is -2.14. The Bertz CT molecular complexity index is 2220. The summed E-state index contributed by atoms with van der Waals surface area (Å²) in [6.45, 7) is 2.44. The molecule has 1 aliphatic rings. The van der Waals surface area contributed by atoms with E-state index in [1.54, 1.807) is 32.4 Å². The van der Waals surface area contributed by atoms with E-state index < -0.39 is 0 Å². The van der Waals surface area contributed by atoms with Crippen molar-refractivity contribution in [2.75, 3.05) is 26.1 Å². The summed E-state index contributed by atoms with van der Waals surface area (Å²) >= 11 is 0. The monoisotopic (exact) mass is 678 g/mol. The molecule has 0 saturated carbocycles. The van der Waals surface area contributed by atoms with Crippen LogP contribution in [-0.2, 0) is 12.8 Å². The molecule has 9 nitrogen and oxygen atoms in total. The van der Waals surface area contributed by atoms with Crippen LogP contribution in [-0.4, -0.2) is 47.4 Å². The number of ether oxygens (including phenoxy) is 3. The van der Waals surface area contributed by atoms with Crippen LogP contribution >= 0.6 is 0 Å². The molecule has 0 saturated heterocycles. The second-order valence-corrected chi connectivity index (χ2v) is 12.4. The standard InChI is InChI=1S/C42H38N4O5/c1-4-5-8-27-11-14-29(15-12-27)39-44-36-10-7-6-9-34(36)40(45-39)43-30-16-18-31(19-17-30)51-32-20-21-33-35(26-32)42(48)46(41(33)47)24-23-28-13-22-37(49-2)38(25-28)50-3/h6-7,9-22,25-26H,4-5,8,23-24H2,1-3H3,(H,43,44,45). The summed E-state index contributed by atoms with van der Waals surface area (Å²) in [5, 5.41) is 4.38. The van der Waals surface area contributed by atoms with Crippen molar-refractivity contribution in [3.8, 4) is 34.4 Å². The molecular formula is C42H38N4O5. The van der Waals surface area contributed by atoms with Crippen LogP contribution in [0.2, 0.25) is 0 Å². The second kappa shape index (κ2) is 14.7. The fraction of sp³-hybridized carbons (Fsp3) is 0.190. The van der Waals surface area contributed by atoms with E-state index >= 15 is 0 Å². The van der Waals surface area contributed by atoms with Gasteiger partial charge in [-0.05, 0) is 97.1 Å². The number of imide groups is 1. The molecule has 0 atom stereocenters. The summed E-state index contributed by atoms with van der Waals surface area (Å²) < 4.78 is 16.8. The Morgan fingerprint density at radius 2 is 1.41 bits per heavy atom. The van der Waals surface area contributed by atoms with Crippen LogP contribution in [0.4, 0.5) is 11.5 Å². The zero-order chi connectivity index (χ0) is 35.3. The quantitative estimate of drug-likeness (QED) is 0.121. The van der Waals surface area contributed by atoms with Gasteiger partial charge in [0, 0.05) is 23.2 Å². The number of hydrogen-bond donors (Lipinski definition) is 1. The van der Waals surface area contributed by atoms with Gasteiger partial charge in [0.1, 0.15) is 17.3 Å². The van der Waals surface area contributed by atoms with Crippen molar-refractivity contribution in [3.05, 3.63) is 131 Å². The molecule has 1 aromatic heterocycles. The van der Waals surface area contributed by atoms with Crippen LogP contribution in [0.3, 0.4) is 0 Å².